The van der Waals surface area contributed by atoms with Crippen LogP contribution in [0.4, 0.5) is 17.1 Å². The molecule has 1 atom stereocenters. The van der Waals surface area contributed by atoms with E-state index >= 15 is 0 Å². The van der Waals surface area contributed by atoms with Crippen molar-refractivity contribution in [3.8, 4) is 17.2 Å². The number of hydrogen-bond acceptors (Lipinski definition) is 7. The largest absolute Gasteiger partial charge is 0.494 e. The van der Waals surface area contributed by atoms with Crippen molar-refractivity contribution < 1.29 is 19.0 Å². The number of hydrogen-bond donors (Lipinski definition) is 0. The molecule has 0 saturated carbocycles. The third-order valence-corrected chi connectivity index (χ3v) is 9.27. The molecule has 0 aromatic heterocycles. The topological polar surface area (TPSA) is 72.7 Å². The van der Waals surface area contributed by atoms with Gasteiger partial charge >= 0.3 is 5.97 Å². The number of esters is 1. The van der Waals surface area contributed by atoms with Gasteiger partial charge in [0.05, 0.1) is 29.0 Å². The fourth-order valence-electron chi connectivity index (χ4n) is 6.45. The second-order valence-electron chi connectivity index (χ2n) is 12.8. The number of anilines is 1. The Morgan fingerprint density at radius 3 is 2.19 bits per heavy atom. The van der Waals surface area contributed by atoms with Gasteiger partial charge in [0.25, 0.3) is 0 Å². The third kappa shape index (κ3) is 6.66. The molecular formula is C40H43N3O4. The molecule has 0 N–H and O–H groups in total. The van der Waals surface area contributed by atoms with E-state index in [1.165, 1.54) is 37.7 Å². The van der Waals surface area contributed by atoms with Crippen molar-refractivity contribution in [2.75, 3.05) is 18.6 Å². The van der Waals surface area contributed by atoms with Crippen LogP contribution in [0.15, 0.2) is 107 Å². The molecule has 47 heavy (non-hydrogen) atoms. The van der Waals surface area contributed by atoms with Gasteiger partial charge in [0, 0.05) is 18.3 Å². The Kier molecular flexibility index (Phi) is 9.43. The molecule has 2 heterocycles. The number of azo groups is 1. The summed E-state index contributed by atoms with van der Waals surface area (Å²) in [7, 11) is 2.07. The Balaban J connectivity index is 1.02. The number of likely N-dealkylation sites (N-methyl/N-ethyl adjacent to an activating group) is 1. The molecule has 2 aliphatic rings. The molecule has 7 heteroatoms. The lowest BCUT2D eigenvalue weighted by molar-refractivity contribution is 0.0579. The van der Waals surface area contributed by atoms with Gasteiger partial charge in [0.1, 0.15) is 17.2 Å². The number of nitrogens with zero attached hydrogens (tertiary/aromatic N) is 3. The highest BCUT2D eigenvalue weighted by molar-refractivity contribution is 5.91. The molecule has 0 amide bonds. The van der Waals surface area contributed by atoms with Crippen molar-refractivity contribution in [1.29, 1.82) is 0 Å². The molecule has 0 bridgehead atoms. The highest BCUT2D eigenvalue weighted by Gasteiger charge is 2.57. The third-order valence-electron chi connectivity index (χ3n) is 9.27. The lowest BCUT2D eigenvalue weighted by Gasteiger charge is -2.45. The summed E-state index contributed by atoms with van der Waals surface area (Å²) in [6, 6.07) is 28.4. The maximum atomic E-state index is 13.0. The zero-order valence-corrected chi connectivity index (χ0v) is 27.7. The molecule has 0 radical (unpaired) electrons. The molecule has 0 saturated heterocycles. The summed E-state index contributed by atoms with van der Waals surface area (Å²) in [6.45, 7) is 7.37. The summed E-state index contributed by atoms with van der Waals surface area (Å²) < 4.78 is 18.3. The molecule has 6 rings (SSSR count). The van der Waals surface area contributed by atoms with Crippen molar-refractivity contribution in [2.24, 2.45) is 10.2 Å². The first-order valence-corrected chi connectivity index (χ1v) is 16.6. The first kappa shape index (κ1) is 32.0. The minimum Gasteiger partial charge on any atom is -0.494 e. The van der Waals surface area contributed by atoms with Gasteiger partial charge in [-0.1, -0.05) is 57.2 Å². The lowest BCUT2D eigenvalue weighted by atomic mass is 9.76. The van der Waals surface area contributed by atoms with Gasteiger partial charge < -0.3 is 19.1 Å². The van der Waals surface area contributed by atoms with Gasteiger partial charge in [0.15, 0.2) is 0 Å². The normalized spacial score (nSPS) is 17.4. The van der Waals surface area contributed by atoms with E-state index in [9.17, 15) is 4.79 Å². The summed E-state index contributed by atoms with van der Waals surface area (Å²) >= 11 is 0. The summed E-state index contributed by atoms with van der Waals surface area (Å²) in [5, 5.41) is 8.64. The fourth-order valence-corrected chi connectivity index (χ4v) is 6.45. The molecule has 4 aromatic rings. The number of rotatable bonds is 12. The first-order valence-electron chi connectivity index (χ1n) is 16.6. The fraction of sp³-hybridized carbons (Fsp3) is 0.325. The summed E-state index contributed by atoms with van der Waals surface area (Å²) in [5.41, 5.74) is 4.09. The number of benzene rings is 4. The van der Waals surface area contributed by atoms with Crippen LogP contribution in [0.25, 0.3) is 6.08 Å². The zero-order valence-electron chi connectivity index (χ0n) is 27.7. The van der Waals surface area contributed by atoms with Gasteiger partial charge in [-0.25, -0.2) is 4.79 Å². The Labute approximate surface area is 277 Å². The summed E-state index contributed by atoms with van der Waals surface area (Å²) in [6.07, 6.45) is 11.6. The van der Waals surface area contributed by atoms with Crippen LogP contribution in [0.3, 0.4) is 0 Å². The number of carbonyl (C=O) groups excluding carboxylic acids is 1. The minimum atomic E-state index is -0.661. The number of para-hydroxylation sites is 1. The highest BCUT2D eigenvalue weighted by Crippen LogP contribution is 2.54. The molecule has 0 fully saturated rings. The van der Waals surface area contributed by atoms with Gasteiger partial charge in [-0.3, -0.25) is 0 Å². The number of carbonyl (C=O) groups is 1. The van der Waals surface area contributed by atoms with Crippen molar-refractivity contribution >= 4 is 29.1 Å². The molecule has 4 aromatic carbocycles. The van der Waals surface area contributed by atoms with Crippen LogP contribution in [-0.4, -0.2) is 25.3 Å². The van der Waals surface area contributed by atoms with Gasteiger partial charge in [0.2, 0.25) is 5.72 Å². The molecule has 7 nitrogen and oxygen atoms in total. The lowest BCUT2D eigenvalue weighted by Crippen LogP contribution is -2.58. The van der Waals surface area contributed by atoms with Crippen molar-refractivity contribution in [1.82, 2.24) is 0 Å². The summed E-state index contributed by atoms with van der Waals surface area (Å²) in [5.74, 6) is 1.57. The maximum Gasteiger partial charge on any atom is 0.343 e. The van der Waals surface area contributed by atoms with E-state index in [1.54, 1.807) is 30.3 Å². The number of unbranched alkanes of at least 4 members (excludes halogenated alkanes) is 5. The first-order chi connectivity index (χ1) is 22.8. The van der Waals surface area contributed by atoms with Crippen LogP contribution >= 0.6 is 0 Å². The summed E-state index contributed by atoms with van der Waals surface area (Å²) in [4.78, 5) is 15.2. The van der Waals surface area contributed by atoms with E-state index < -0.39 is 11.7 Å². The van der Waals surface area contributed by atoms with Crippen LogP contribution in [0.1, 0.15) is 80.8 Å². The van der Waals surface area contributed by atoms with E-state index in [2.05, 4.69) is 79.4 Å². The van der Waals surface area contributed by atoms with Crippen molar-refractivity contribution in [2.45, 2.75) is 70.4 Å². The molecule has 1 spiro atoms. The van der Waals surface area contributed by atoms with Crippen molar-refractivity contribution in [3.63, 3.8) is 0 Å². The van der Waals surface area contributed by atoms with Crippen LogP contribution in [0.2, 0.25) is 0 Å². The van der Waals surface area contributed by atoms with Gasteiger partial charge in [-0.15, -0.1) is 0 Å². The monoisotopic (exact) mass is 629 g/mol. The van der Waals surface area contributed by atoms with Crippen LogP contribution in [0, 0.1) is 0 Å². The Morgan fingerprint density at radius 2 is 1.47 bits per heavy atom. The smallest absolute Gasteiger partial charge is 0.343 e. The maximum absolute atomic E-state index is 13.0. The second-order valence-corrected chi connectivity index (χ2v) is 12.8. The predicted molar refractivity (Wildman–Crippen MR) is 188 cm³/mol. The second kappa shape index (κ2) is 13.8. The molecule has 2 aliphatic heterocycles. The average Bonchev–Trinajstić information content (AvgIpc) is 3.25. The van der Waals surface area contributed by atoms with Crippen molar-refractivity contribution in [3.05, 3.63) is 114 Å². The molecular weight excluding hydrogens is 586 g/mol. The quantitative estimate of drug-likeness (QED) is 0.0675. The molecule has 1 unspecified atom stereocenters. The highest BCUT2D eigenvalue weighted by atomic mass is 16.5. The Hall–Kier alpha value is -4.91. The van der Waals surface area contributed by atoms with Crippen LogP contribution in [0.5, 0.6) is 17.2 Å². The van der Waals surface area contributed by atoms with E-state index in [0.717, 1.165) is 41.5 Å². The van der Waals surface area contributed by atoms with Crippen LogP contribution in [-0.2, 0) is 5.41 Å². The standard InChI is InChI=1S/C40H43N3O4/c1-5-6-7-8-9-12-27-45-33-21-19-32(20-22-33)42-41-31-17-15-29(16-18-31)38(44)46-34-23-24-37-30(28-34)25-26-40(47-37)39(2,3)35-13-10-11-14-36(35)43(40)4/h10-11,13-26,28H,5-9,12,27H2,1-4H3. The van der Waals surface area contributed by atoms with Gasteiger partial charge in [-0.2, -0.15) is 10.2 Å². The van der Waals surface area contributed by atoms with Gasteiger partial charge in [-0.05, 0) is 111 Å². The number of ether oxygens (including phenoxy) is 3. The SMILES string of the molecule is CCCCCCCCOc1ccc(N=Nc2ccc(C(=O)Oc3ccc4c(c3)C=CC3(O4)N(C)c4ccccc4C3(C)C)cc2)cc1. The average molecular weight is 630 g/mol. The van der Waals surface area contributed by atoms with E-state index in [-0.39, 0.29) is 5.41 Å². The Morgan fingerprint density at radius 1 is 0.809 bits per heavy atom. The molecule has 0 aliphatic carbocycles. The number of fused-ring (bicyclic) bond motifs is 2. The van der Waals surface area contributed by atoms with E-state index in [0.29, 0.717) is 17.0 Å². The minimum absolute atomic E-state index is 0.282. The molecule has 242 valence electrons. The van der Waals surface area contributed by atoms with E-state index in [1.807, 2.05) is 36.4 Å². The van der Waals surface area contributed by atoms with Crippen LogP contribution < -0.4 is 19.1 Å². The predicted octanol–water partition coefficient (Wildman–Crippen LogP) is 10.6. The Bertz CT molecular complexity index is 1760. The van der Waals surface area contributed by atoms with E-state index in [4.69, 9.17) is 14.2 Å². The zero-order chi connectivity index (χ0) is 32.9.